The van der Waals surface area contributed by atoms with E-state index in [-0.39, 0.29) is 11.8 Å². The minimum atomic E-state index is 0.0198. The van der Waals surface area contributed by atoms with Crippen LogP contribution in [0.4, 0.5) is 0 Å². The number of piperazine rings is 1. The van der Waals surface area contributed by atoms with Crippen LogP contribution >= 0.6 is 0 Å². The molecule has 0 atom stereocenters. The van der Waals surface area contributed by atoms with Crippen LogP contribution in [0.3, 0.4) is 0 Å². The van der Waals surface area contributed by atoms with Crippen molar-refractivity contribution >= 4 is 11.8 Å². The van der Waals surface area contributed by atoms with Crippen molar-refractivity contribution in [2.75, 3.05) is 59.0 Å². The molecule has 0 radical (unpaired) electrons. The van der Waals surface area contributed by atoms with E-state index in [1.54, 1.807) is 0 Å². The zero-order valence-electron chi connectivity index (χ0n) is 17.7. The molecule has 8 heteroatoms. The van der Waals surface area contributed by atoms with Crippen molar-refractivity contribution in [2.24, 2.45) is 0 Å². The molecule has 3 heterocycles. The maximum absolute atomic E-state index is 13.2. The van der Waals surface area contributed by atoms with Crippen LogP contribution in [0.25, 0.3) is 5.69 Å². The van der Waals surface area contributed by atoms with Gasteiger partial charge in [-0.3, -0.25) is 14.5 Å². The zero-order chi connectivity index (χ0) is 21.1. The van der Waals surface area contributed by atoms with Crippen LogP contribution in [0.2, 0.25) is 0 Å². The Hall–Kier alpha value is -2.71. The van der Waals surface area contributed by atoms with Crippen LogP contribution in [-0.4, -0.2) is 95.3 Å². The molecule has 2 aromatic rings. The fourth-order valence-electron chi connectivity index (χ4n) is 4.14. The predicted octanol–water partition coefficient (Wildman–Crippen LogP) is 1.11. The molecule has 1 aromatic carbocycles. The number of nitrogens with zero attached hydrogens (tertiary/aromatic N) is 5. The van der Waals surface area contributed by atoms with Crippen molar-refractivity contribution in [1.82, 2.24) is 24.5 Å². The van der Waals surface area contributed by atoms with Crippen molar-refractivity contribution in [3.63, 3.8) is 0 Å². The van der Waals surface area contributed by atoms with E-state index in [0.717, 1.165) is 17.1 Å². The standard InChI is InChI=1S/C22H29N5O3/c1-17-21(18(2)27(23-17)19-6-4-3-5-7-19)22(29)26-10-8-24(9-11-26)16-20(28)25-12-14-30-15-13-25/h3-7H,8-16H2,1-2H3. The summed E-state index contributed by atoms with van der Waals surface area (Å²) in [6.07, 6.45) is 0. The molecule has 2 fully saturated rings. The van der Waals surface area contributed by atoms with Gasteiger partial charge in [0.15, 0.2) is 0 Å². The highest BCUT2D eigenvalue weighted by molar-refractivity contribution is 5.96. The lowest BCUT2D eigenvalue weighted by molar-refractivity contribution is -0.136. The van der Waals surface area contributed by atoms with Gasteiger partial charge in [-0.1, -0.05) is 18.2 Å². The highest BCUT2D eigenvalue weighted by Crippen LogP contribution is 2.20. The first-order valence-corrected chi connectivity index (χ1v) is 10.5. The molecule has 8 nitrogen and oxygen atoms in total. The monoisotopic (exact) mass is 411 g/mol. The highest BCUT2D eigenvalue weighted by Gasteiger charge is 2.28. The van der Waals surface area contributed by atoms with Gasteiger partial charge in [0, 0.05) is 39.3 Å². The number of carbonyl (C=O) groups is 2. The van der Waals surface area contributed by atoms with Gasteiger partial charge < -0.3 is 14.5 Å². The summed E-state index contributed by atoms with van der Waals surface area (Å²) in [7, 11) is 0. The number of aromatic nitrogens is 2. The SMILES string of the molecule is Cc1nn(-c2ccccc2)c(C)c1C(=O)N1CCN(CC(=O)N2CCOCC2)CC1. The number of ether oxygens (including phenoxy) is 1. The fraction of sp³-hybridized carbons (Fsp3) is 0.500. The molecule has 2 aliphatic heterocycles. The number of carbonyl (C=O) groups excluding carboxylic acids is 2. The van der Waals surface area contributed by atoms with E-state index in [1.807, 2.05) is 58.7 Å². The maximum atomic E-state index is 13.2. The van der Waals surface area contributed by atoms with E-state index in [1.165, 1.54) is 0 Å². The van der Waals surface area contributed by atoms with Gasteiger partial charge in [0.25, 0.3) is 5.91 Å². The lowest BCUT2D eigenvalue weighted by Crippen LogP contribution is -2.52. The van der Waals surface area contributed by atoms with Crippen LogP contribution in [0.15, 0.2) is 30.3 Å². The Morgan fingerprint density at radius 2 is 1.60 bits per heavy atom. The number of morpholine rings is 1. The van der Waals surface area contributed by atoms with E-state index < -0.39 is 0 Å². The summed E-state index contributed by atoms with van der Waals surface area (Å²) >= 11 is 0. The van der Waals surface area contributed by atoms with Gasteiger partial charge >= 0.3 is 0 Å². The molecule has 0 saturated carbocycles. The number of para-hydroxylation sites is 1. The van der Waals surface area contributed by atoms with E-state index in [0.29, 0.717) is 64.6 Å². The first-order valence-electron chi connectivity index (χ1n) is 10.5. The van der Waals surface area contributed by atoms with Crippen molar-refractivity contribution in [2.45, 2.75) is 13.8 Å². The molecule has 2 aliphatic rings. The van der Waals surface area contributed by atoms with Gasteiger partial charge in [-0.15, -0.1) is 0 Å². The van der Waals surface area contributed by atoms with Crippen LogP contribution in [0.1, 0.15) is 21.7 Å². The normalized spacial score (nSPS) is 17.9. The quantitative estimate of drug-likeness (QED) is 0.754. The first kappa shape index (κ1) is 20.6. The molecule has 2 amide bonds. The lowest BCUT2D eigenvalue weighted by atomic mass is 10.1. The average molecular weight is 412 g/mol. The Morgan fingerprint density at radius 3 is 2.27 bits per heavy atom. The average Bonchev–Trinajstić information content (AvgIpc) is 3.09. The van der Waals surface area contributed by atoms with Crippen molar-refractivity contribution in [3.8, 4) is 5.69 Å². The third-order valence-corrected chi connectivity index (χ3v) is 5.89. The summed E-state index contributed by atoms with van der Waals surface area (Å²) in [4.78, 5) is 31.6. The first-order chi connectivity index (χ1) is 14.5. The lowest BCUT2D eigenvalue weighted by Gasteiger charge is -2.36. The Labute approximate surface area is 177 Å². The smallest absolute Gasteiger partial charge is 0.257 e. The fourth-order valence-corrected chi connectivity index (χ4v) is 4.14. The van der Waals surface area contributed by atoms with Gasteiger partial charge in [0.2, 0.25) is 5.91 Å². The Morgan fingerprint density at radius 1 is 0.933 bits per heavy atom. The van der Waals surface area contributed by atoms with Gasteiger partial charge in [0.05, 0.1) is 42.4 Å². The zero-order valence-corrected chi connectivity index (χ0v) is 17.7. The molecule has 1 aromatic heterocycles. The minimum absolute atomic E-state index is 0.0198. The second-order valence-corrected chi connectivity index (χ2v) is 7.85. The number of benzene rings is 1. The largest absolute Gasteiger partial charge is 0.378 e. The molecule has 0 bridgehead atoms. The van der Waals surface area contributed by atoms with Crippen molar-refractivity contribution in [3.05, 3.63) is 47.3 Å². The number of hydrogen-bond acceptors (Lipinski definition) is 5. The van der Waals surface area contributed by atoms with Gasteiger partial charge in [-0.25, -0.2) is 4.68 Å². The molecule has 0 aliphatic carbocycles. The van der Waals surface area contributed by atoms with Crippen LogP contribution in [-0.2, 0) is 9.53 Å². The van der Waals surface area contributed by atoms with Gasteiger partial charge in [-0.05, 0) is 26.0 Å². The molecule has 30 heavy (non-hydrogen) atoms. The van der Waals surface area contributed by atoms with Crippen LogP contribution in [0, 0.1) is 13.8 Å². The molecule has 2 saturated heterocycles. The summed E-state index contributed by atoms with van der Waals surface area (Å²) < 4.78 is 7.15. The van der Waals surface area contributed by atoms with E-state index in [4.69, 9.17) is 4.74 Å². The van der Waals surface area contributed by atoms with E-state index in [9.17, 15) is 9.59 Å². The van der Waals surface area contributed by atoms with Crippen molar-refractivity contribution in [1.29, 1.82) is 0 Å². The van der Waals surface area contributed by atoms with Crippen molar-refractivity contribution < 1.29 is 14.3 Å². The molecule has 160 valence electrons. The number of hydrogen-bond donors (Lipinski definition) is 0. The molecule has 0 spiro atoms. The summed E-state index contributed by atoms with van der Waals surface area (Å²) in [5, 5.41) is 4.60. The Kier molecular flexibility index (Phi) is 6.15. The number of aryl methyl sites for hydroxylation is 1. The minimum Gasteiger partial charge on any atom is -0.378 e. The molecule has 4 rings (SSSR count). The molecular formula is C22H29N5O3. The highest BCUT2D eigenvalue weighted by atomic mass is 16.5. The Balaban J connectivity index is 1.38. The summed E-state index contributed by atoms with van der Waals surface area (Å²) in [6.45, 7) is 9.43. The van der Waals surface area contributed by atoms with Gasteiger partial charge in [-0.2, -0.15) is 5.10 Å². The molecule has 0 unspecified atom stereocenters. The predicted molar refractivity (Wildman–Crippen MR) is 113 cm³/mol. The number of amides is 2. The van der Waals surface area contributed by atoms with E-state index in [2.05, 4.69) is 10.00 Å². The van der Waals surface area contributed by atoms with Gasteiger partial charge in [0.1, 0.15) is 0 Å². The third kappa shape index (κ3) is 4.24. The summed E-state index contributed by atoms with van der Waals surface area (Å²) in [5.74, 6) is 0.167. The third-order valence-electron chi connectivity index (χ3n) is 5.89. The maximum Gasteiger partial charge on any atom is 0.257 e. The van der Waals surface area contributed by atoms with Crippen LogP contribution in [0.5, 0.6) is 0 Å². The summed E-state index contributed by atoms with van der Waals surface area (Å²) in [5.41, 5.74) is 3.22. The molecular weight excluding hydrogens is 382 g/mol. The van der Waals surface area contributed by atoms with Crippen LogP contribution < -0.4 is 0 Å². The number of rotatable bonds is 4. The Bertz CT molecular complexity index is 897. The topological polar surface area (TPSA) is 70.9 Å². The second-order valence-electron chi connectivity index (χ2n) is 7.85. The molecule has 0 N–H and O–H groups in total. The van der Waals surface area contributed by atoms with E-state index >= 15 is 0 Å². The second kappa shape index (κ2) is 8.97. The summed E-state index contributed by atoms with van der Waals surface area (Å²) in [6, 6.07) is 9.86.